The van der Waals surface area contributed by atoms with Crippen LogP contribution in [-0.2, 0) is 11.3 Å². The molecule has 2 aromatic carbocycles. The summed E-state index contributed by atoms with van der Waals surface area (Å²) in [6.07, 6.45) is 1.54. The van der Waals surface area contributed by atoms with Gasteiger partial charge in [-0.3, -0.25) is 4.79 Å². The van der Waals surface area contributed by atoms with Crippen molar-refractivity contribution in [3.05, 3.63) is 71.3 Å². The molecule has 0 saturated heterocycles. The van der Waals surface area contributed by atoms with E-state index >= 15 is 0 Å². The summed E-state index contributed by atoms with van der Waals surface area (Å²) in [6.45, 7) is 0.386. The Labute approximate surface area is 129 Å². The summed E-state index contributed by atoms with van der Waals surface area (Å²) in [5.74, 6) is 0.282. The second-order valence-corrected chi connectivity index (χ2v) is 4.61. The average molecular weight is 292 g/mol. The van der Waals surface area contributed by atoms with E-state index in [0.29, 0.717) is 12.3 Å². The Morgan fingerprint density at radius 1 is 1.23 bits per heavy atom. The predicted molar refractivity (Wildman–Crippen MR) is 84.9 cm³/mol. The van der Waals surface area contributed by atoms with Gasteiger partial charge in [-0.2, -0.15) is 5.26 Å². The van der Waals surface area contributed by atoms with Crippen LogP contribution in [-0.4, -0.2) is 13.0 Å². The minimum atomic E-state index is -0.394. The van der Waals surface area contributed by atoms with E-state index < -0.39 is 5.91 Å². The molecule has 22 heavy (non-hydrogen) atoms. The van der Waals surface area contributed by atoms with Crippen molar-refractivity contribution in [3.8, 4) is 11.8 Å². The number of benzene rings is 2. The van der Waals surface area contributed by atoms with E-state index in [9.17, 15) is 10.1 Å². The Bertz CT molecular complexity index is 715. The molecular weight excluding hydrogens is 276 g/mol. The van der Waals surface area contributed by atoms with Crippen molar-refractivity contribution in [1.82, 2.24) is 5.32 Å². The molecule has 0 aromatic heterocycles. The Morgan fingerprint density at radius 3 is 2.68 bits per heavy atom. The number of hydrogen-bond donors (Lipinski definition) is 1. The van der Waals surface area contributed by atoms with Crippen molar-refractivity contribution in [2.75, 3.05) is 7.11 Å². The average Bonchev–Trinajstić information content (AvgIpc) is 2.58. The quantitative estimate of drug-likeness (QED) is 0.681. The summed E-state index contributed by atoms with van der Waals surface area (Å²) in [5, 5.41) is 11.9. The molecule has 1 amide bonds. The number of carbonyl (C=O) groups excluding carboxylic acids is 1. The van der Waals surface area contributed by atoms with Gasteiger partial charge in [0.1, 0.15) is 17.4 Å². The van der Waals surface area contributed by atoms with Crippen LogP contribution in [0.25, 0.3) is 6.08 Å². The fraction of sp³-hybridized carbons (Fsp3) is 0.111. The zero-order chi connectivity index (χ0) is 15.8. The van der Waals surface area contributed by atoms with Crippen LogP contribution >= 0.6 is 0 Å². The third kappa shape index (κ3) is 4.22. The lowest BCUT2D eigenvalue weighted by molar-refractivity contribution is -0.117. The van der Waals surface area contributed by atoms with E-state index in [-0.39, 0.29) is 5.57 Å². The van der Waals surface area contributed by atoms with E-state index in [1.165, 1.54) is 0 Å². The Kier molecular flexibility index (Phi) is 5.33. The number of carbonyl (C=O) groups is 1. The molecule has 0 heterocycles. The second-order valence-electron chi connectivity index (χ2n) is 4.61. The van der Waals surface area contributed by atoms with Crippen LogP contribution in [0.4, 0.5) is 0 Å². The number of amides is 1. The molecule has 1 N–H and O–H groups in total. The van der Waals surface area contributed by atoms with Gasteiger partial charge >= 0.3 is 0 Å². The number of ether oxygens (including phenoxy) is 1. The van der Waals surface area contributed by atoms with Crippen molar-refractivity contribution in [2.45, 2.75) is 6.54 Å². The lowest BCUT2D eigenvalue weighted by Crippen LogP contribution is -2.23. The number of rotatable bonds is 5. The SMILES string of the molecule is COc1cccc(/C=C(/C#N)C(=O)NCc2ccccc2)c1. The Morgan fingerprint density at radius 2 is 2.00 bits per heavy atom. The van der Waals surface area contributed by atoms with Gasteiger partial charge in [0.25, 0.3) is 5.91 Å². The Hall–Kier alpha value is -3.06. The highest BCUT2D eigenvalue weighted by atomic mass is 16.5. The highest BCUT2D eigenvalue weighted by Gasteiger charge is 2.08. The van der Waals surface area contributed by atoms with E-state index in [0.717, 1.165) is 11.1 Å². The molecule has 4 heteroatoms. The molecule has 0 saturated carbocycles. The summed E-state index contributed by atoms with van der Waals surface area (Å²) in [6, 6.07) is 18.7. The summed E-state index contributed by atoms with van der Waals surface area (Å²) < 4.78 is 5.12. The fourth-order valence-corrected chi connectivity index (χ4v) is 1.92. The summed E-state index contributed by atoms with van der Waals surface area (Å²) in [4.78, 5) is 12.1. The third-order valence-corrected chi connectivity index (χ3v) is 3.07. The molecule has 0 fully saturated rings. The van der Waals surface area contributed by atoms with Gasteiger partial charge in [-0.15, -0.1) is 0 Å². The maximum absolute atomic E-state index is 12.1. The summed E-state index contributed by atoms with van der Waals surface area (Å²) in [7, 11) is 1.57. The standard InChI is InChI=1S/C18H16N2O2/c1-22-17-9-5-8-15(11-17)10-16(12-19)18(21)20-13-14-6-3-2-4-7-14/h2-11H,13H2,1H3,(H,20,21)/b16-10-. The highest BCUT2D eigenvalue weighted by Crippen LogP contribution is 2.15. The number of hydrogen-bond acceptors (Lipinski definition) is 3. The molecular formula is C18H16N2O2. The lowest BCUT2D eigenvalue weighted by atomic mass is 10.1. The van der Waals surface area contributed by atoms with E-state index in [1.54, 1.807) is 25.3 Å². The van der Waals surface area contributed by atoms with Crippen LogP contribution in [0.3, 0.4) is 0 Å². The van der Waals surface area contributed by atoms with Crippen LogP contribution < -0.4 is 10.1 Å². The van der Waals surface area contributed by atoms with Gasteiger partial charge in [0.05, 0.1) is 7.11 Å². The van der Waals surface area contributed by atoms with Crippen LogP contribution in [0.2, 0.25) is 0 Å². The van der Waals surface area contributed by atoms with Gasteiger partial charge in [0.2, 0.25) is 0 Å². The molecule has 0 atom stereocenters. The minimum Gasteiger partial charge on any atom is -0.497 e. The van der Waals surface area contributed by atoms with Crippen LogP contribution in [0, 0.1) is 11.3 Å². The number of nitrogens with zero attached hydrogens (tertiary/aromatic N) is 1. The zero-order valence-electron chi connectivity index (χ0n) is 12.2. The molecule has 0 radical (unpaired) electrons. The van der Waals surface area contributed by atoms with Crippen molar-refractivity contribution in [3.63, 3.8) is 0 Å². The monoisotopic (exact) mass is 292 g/mol. The lowest BCUT2D eigenvalue weighted by Gasteiger charge is -2.05. The van der Waals surface area contributed by atoms with Crippen molar-refractivity contribution in [2.24, 2.45) is 0 Å². The molecule has 2 rings (SSSR count). The topological polar surface area (TPSA) is 62.1 Å². The second kappa shape index (κ2) is 7.65. The van der Waals surface area contributed by atoms with E-state index in [2.05, 4.69) is 5.32 Å². The maximum Gasteiger partial charge on any atom is 0.262 e. The van der Waals surface area contributed by atoms with Gasteiger partial charge < -0.3 is 10.1 Å². The molecule has 0 bridgehead atoms. The highest BCUT2D eigenvalue weighted by molar-refractivity contribution is 6.01. The maximum atomic E-state index is 12.1. The van der Waals surface area contributed by atoms with E-state index in [4.69, 9.17) is 4.74 Å². The molecule has 2 aromatic rings. The largest absolute Gasteiger partial charge is 0.497 e. The molecule has 110 valence electrons. The van der Waals surface area contributed by atoms with Gasteiger partial charge in [-0.25, -0.2) is 0 Å². The van der Waals surface area contributed by atoms with Gasteiger partial charge in [-0.1, -0.05) is 42.5 Å². The normalized spacial score (nSPS) is 10.6. The fourth-order valence-electron chi connectivity index (χ4n) is 1.92. The van der Waals surface area contributed by atoms with E-state index in [1.807, 2.05) is 48.5 Å². The number of nitriles is 1. The van der Waals surface area contributed by atoms with Gasteiger partial charge in [0, 0.05) is 6.54 Å². The van der Waals surface area contributed by atoms with Gasteiger partial charge in [0.15, 0.2) is 0 Å². The Balaban J connectivity index is 2.08. The van der Waals surface area contributed by atoms with Crippen molar-refractivity contribution in [1.29, 1.82) is 5.26 Å². The summed E-state index contributed by atoms with van der Waals surface area (Å²) in [5.41, 5.74) is 1.78. The molecule has 4 nitrogen and oxygen atoms in total. The smallest absolute Gasteiger partial charge is 0.262 e. The molecule has 0 aliphatic heterocycles. The molecule has 0 aliphatic carbocycles. The van der Waals surface area contributed by atoms with Crippen molar-refractivity contribution < 1.29 is 9.53 Å². The van der Waals surface area contributed by atoms with Crippen LogP contribution in [0.15, 0.2) is 60.2 Å². The molecule has 0 spiro atoms. The number of methoxy groups -OCH3 is 1. The number of nitrogens with one attached hydrogen (secondary N) is 1. The zero-order valence-corrected chi connectivity index (χ0v) is 12.2. The van der Waals surface area contributed by atoms with Gasteiger partial charge in [-0.05, 0) is 29.3 Å². The third-order valence-electron chi connectivity index (χ3n) is 3.07. The molecule has 0 aliphatic rings. The summed E-state index contributed by atoms with van der Waals surface area (Å²) >= 11 is 0. The predicted octanol–water partition coefficient (Wildman–Crippen LogP) is 2.92. The van der Waals surface area contributed by atoms with Crippen LogP contribution in [0.1, 0.15) is 11.1 Å². The first-order valence-corrected chi connectivity index (χ1v) is 6.81. The van der Waals surface area contributed by atoms with Crippen LogP contribution in [0.5, 0.6) is 5.75 Å². The first-order chi connectivity index (χ1) is 10.7. The first kappa shape index (κ1) is 15.3. The first-order valence-electron chi connectivity index (χ1n) is 6.81. The van der Waals surface area contributed by atoms with Crippen molar-refractivity contribution >= 4 is 12.0 Å². The minimum absolute atomic E-state index is 0.0594. The molecule has 0 unspecified atom stereocenters.